The Balaban J connectivity index is 1.62. The molecule has 1 heterocycles. The van der Waals surface area contributed by atoms with Crippen LogP contribution in [0, 0.1) is 6.92 Å². The highest BCUT2D eigenvalue weighted by atomic mass is 32.1. The second-order valence-corrected chi connectivity index (χ2v) is 6.86. The monoisotopic (exact) mass is 412 g/mol. The van der Waals surface area contributed by atoms with Gasteiger partial charge in [0, 0.05) is 17.1 Å². The van der Waals surface area contributed by atoms with Crippen LogP contribution < -0.4 is 25.4 Å². The van der Waals surface area contributed by atoms with Gasteiger partial charge in [0.2, 0.25) is 0 Å². The summed E-state index contributed by atoms with van der Waals surface area (Å²) < 4.78 is 10.4. The molecule has 1 aromatic heterocycles. The van der Waals surface area contributed by atoms with Crippen LogP contribution in [0.2, 0.25) is 0 Å². The first-order chi connectivity index (χ1) is 14.0. The standard InChI is InChI=1S/C20H20N4O4S/c1-12-4-6-13(7-5-12)21-19(26)24-20-23-16(11-29-20)18(25)22-15-9-8-14(27-2)10-17(15)28-3/h4-11H,1-3H3,(H,22,25)(H2,21,23,24,26). The van der Waals surface area contributed by atoms with Gasteiger partial charge in [0.1, 0.15) is 17.2 Å². The molecule has 2 aromatic carbocycles. The van der Waals surface area contributed by atoms with Gasteiger partial charge < -0.3 is 20.1 Å². The average molecular weight is 412 g/mol. The van der Waals surface area contributed by atoms with Gasteiger partial charge in [-0.3, -0.25) is 10.1 Å². The van der Waals surface area contributed by atoms with E-state index in [4.69, 9.17) is 9.47 Å². The Morgan fingerprint density at radius 3 is 2.41 bits per heavy atom. The number of carbonyl (C=O) groups is 2. The van der Waals surface area contributed by atoms with Crippen LogP contribution in [0.25, 0.3) is 0 Å². The molecule has 9 heteroatoms. The van der Waals surface area contributed by atoms with E-state index < -0.39 is 11.9 Å². The largest absolute Gasteiger partial charge is 0.497 e. The molecule has 3 aromatic rings. The van der Waals surface area contributed by atoms with Gasteiger partial charge in [-0.25, -0.2) is 9.78 Å². The molecule has 29 heavy (non-hydrogen) atoms. The fraction of sp³-hybridized carbons (Fsp3) is 0.150. The zero-order chi connectivity index (χ0) is 20.8. The number of nitrogens with zero attached hydrogens (tertiary/aromatic N) is 1. The van der Waals surface area contributed by atoms with Crippen molar-refractivity contribution in [3.8, 4) is 11.5 Å². The molecule has 3 amide bonds. The van der Waals surface area contributed by atoms with Gasteiger partial charge in [-0.1, -0.05) is 17.7 Å². The van der Waals surface area contributed by atoms with Crippen molar-refractivity contribution in [3.05, 3.63) is 59.1 Å². The first-order valence-electron chi connectivity index (χ1n) is 8.62. The molecule has 0 aliphatic rings. The van der Waals surface area contributed by atoms with Crippen LogP contribution >= 0.6 is 11.3 Å². The summed E-state index contributed by atoms with van der Waals surface area (Å²) >= 11 is 1.15. The van der Waals surface area contributed by atoms with Crippen LogP contribution in [-0.4, -0.2) is 31.1 Å². The van der Waals surface area contributed by atoms with Crippen molar-refractivity contribution in [2.75, 3.05) is 30.2 Å². The lowest BCUT2D eigenvalue weighted by Gasteiger charge is -2.10. The molecule has 0 fully saturated rings. The maximum Gasteiger partial charge on any atom is 0.325 e. The predicted octanol–water partition coefficient (Wildman–Crippen LogP) is 4.37. The number of ether oxygens (including phenoxy) is 2. The predicted molar refractivity (Wildman–Crippen MR) is 113 cm³/mol. The summed E-state index contributed by atoms with van der Waals surface area (Å²) in [6, 6.07) is 12.0. The Bertz CT molecular complexity index is 1020. The number of methoxy groups -OCH3 is 2. The minimum atomic E-state index is -0.438. The van der Waals surface area contributed by atoms with Gasteiger partial charge in [-0.2, -0.15) is 0 Å². The highest BCUT2D eigenvalue weighted by Crippen LogP contribution is 2.29. The summed E-state index contributed by atoms with van der Waals surface area (Å²) in [6.45, 7) is 1.97. The van der Waals surface area contributed by atoms with Crippen molar-refractivity contribution in [2.45, 2.75) is 6.92 Å². The number of benzene rings is 2. The number of aryl methyl sites for hydroxylation is 1. The summed E-state index contributed by atoms with van der Waals surface area (Å²) in [5, 5.41) is 9.93. The SMILES string of the molecule is COc1ccc(NC(=O)c2csc(NC(=O)Nc3ccc(C)cc3)n2)c(OC)c1. The molecule has 0 spiro atoms. The lowest BCUT2D eigenvalue weighted by atomic mass is 10.2. The third-order valence-electron chi connectivity index (χ3n) is 3.92. The minimum Gasteiger partial charge on any atom is -0.497 e. The number of anilines is 3. The lowest BCUT2D eigenvalue weighted by Crippen LogP contribution is -2.19. The Morgan fingerprint density at radius 1 is 0.966 bits per heavy atom. The van der Waals surface area contributed by atoms with Crippen LogP contribution in [0.4, 0.5) is 21.3 Å². The summed E-state index contributed by atoms with van der Waals surface area (Å²) in [7, 11) is 3.05. The number of hydrogen-bond donors (Lipinski definition) is 3. The van der Waals surface area contributed by atoms with Crippen molar-refractivity contribution in [3.63, 3.8) is 0 Å². The molecule has 0 unspecified atom stereocenters. The van der Waals surface area contributed by atoms with Gasteiger partial charge in [-0.05, 0) is 31.2 Å². The van der Waals surface area contributed by atoms with Crippen molar-refractivity contribution < 1.29 is 19.1 Å². The highest BCUT2D eigenvalue weighted by molar-refractivity contribution is 7.14. The minimum absolute atomic E-state index is 0.179. The number of rotatable bonds is 6. The topological polar surface area (TPSA) is 102 Å². The molecule has 0 radical (unpaired) electrons. The number of hydrogen-bond acceptors (Lipinski definition) is 6. The molecule has 0 saturated heterocycles. The van der Waals surface area contributed by atoms with Crippen molar-refractivity contribution in [1.29, 1.82) is 0 Å². The van der Waals surface area contributed by atoms with Crippen molar-refractivity contribution >= 4 is 39.8 Å². The zero-order valence-corrected chi connectivity index (χ0v) is 16.9. The third kappa shape index (κ3) is 5.23. The number of thiazole rings is 1. The summed E-state index contributed by atoms with van der Waals surface area (Å²) in [6.07, 6.45) is 0. The molecular formula is C20H20N4O4S. The van der Waals surface area contributed by atoms with Crippen LogP contribution in [0.15, 0.2) is 47.8 Å². The first kappa shape index (κ1) is 20.2. The Kier molecular flexibility index (Phi) is 6.30. The number of amides is 3. The zero-order valence-electron chi connectivity index (χ0n) is 16.1. The Labute approximate surface area is 171 Å². The van der Waals surface area contributed by atoms with E-state index in [2.05, 4.69) is 20.9 Å². The van der Waals surface area contributed by atoms with Crippen molar-refractivity contribution in [2.24, 2.45) is 0 Å². The number of aromatic nitrogens is 1. The quantitative estimate of drug-likeness (QED) is 0.558. The smallest absolute Gasteiger partial charge is 0.325 e. The summed E-state index contributed by atoms with van der Waals surface area (Å²) in [5.41, 5.74) is 2.42. The molecule has 0 aliphatic carbocycles. The van der Waals surface area contributed by atoms with Gasteiger partial charge in [0.05, 0.1) is 19.9 Å². The van der Waals surface area contributed by atoms with Gasteiger partial charge in [0.25, 0.3) is 5.91 Å². The van der Waals surface area contributed by atoms with Crippen LogP contribution in [0.1, 0.15) is 16.1 Å². The highest BCUT2D eigenvalue weighted by Gasteiger charge is 2.15. The molecule has 3 N–H and O–H groups in total. The first-order valence-corrected chi connectivity index (χ1v) is 9.50. The molecule has 0 bridgehead atoms. The number of carbonyl (C=O) groups excluding carboxylic acids is 2. The lowest BCUT2D eigenvalue weighted by molar-refractivity contribution is 0.102. The van der Waals surface area contributed by atoms with Crippen molar-refractivity contribution in [1.82, 2.24) is 4.98 Å². The Hall–Kier alpha value is -3.59. The molecule has 0 saturated carbocycles. The van der Waals surface area contributed by atoms with E-state index in [-0.39, 0.29) is 5.69 Å². The molecule has 3 rings (SSSR count). The molecule has 8 nitrogen and oxygen atoms in total. The van der Waals surface area contributed by atoms with E-state index in [1.165, 1.54) is 7.11 Å². The number of urea groups is 1. The van der Waals surface area contributed by atoms with E-state index in [0.717, 1.165) is 16.9 Å². The average Bonchev–Trinajstić information content (AvgIpc) is 3.18. The molecule has 0 atom stereocenters. The molecular weight excluding hydrogens is 392 g/mol. The van der Waals surface area contributed by atoms with Crippen LogP contribution in [-0.2, 0) is 0 Å². The molecule has 0 aliphatic heterocycles. The third-order valence-corrected chi connectivity index (χ3v) is 4.68. The Morgan fingerprint density at radius 2 is 1.72 bits per heavy atom. The fourth-order valence-electron chi connectivity index (χ4n) is 2.42. The number of nitrogens with one attached hydrogen (secondary N) is 3. The van der Waals surface area contributed by atoms with Gasteiger partial charge >= 0.3 is 6.03 Å². The fourth-order valence-corrected chi connectivity index (χ4v) is 3.11. The van der Waals surface area contributed by atoms with Crippen LogP contribution in [0.5, 0.6) is 11.5 Å². The second kappa shape index (κ2) is 9.07. The van der Waals surface area contributed by atoms with Gasteiger partial charge in [-0.15, -0.1) is 11.3 Å². The maximum absolute atomic E-state index is 12.5. The summed E-state index contributed by atoms with van der Waals surface area (Å²) in [5.74, 6) is 0.653. The van der Waals surface area contributed by atoms with Gasteiger partial charge in [0.15, 0.2) is 5.13 Å². The molecule has 150 valence electrons. The second-order valence-electron chi connectivity index (χ2n) is 6.00. The normalized spacial score (nSPS) is 10.2. The van der Waals surface area contributed by atoms with E-state index in [9.17, 15) is 9.59 Å². The van der Waals surface area contributed by atoms with E-state index in [1.807, 2.05) is 19.1 Å². The van der Waals surface area contributed by atoms with E-state index in [1.54, 1.807) is 42.8 Å². The van der Waals surface area contributed by atoms with E-state index in [0.29, 0.717) is 28.0 Å². The van der Waals surface area contributed by atoms with Crippen LogP contribution in [0.3, 0.4) is 0 Å². The maximum atomic E-state index is 12.5. The summed E-state index contributed by atoms with van der Waals surface area (Å²) in [4.78, 5) is 28.7. The van der Waals surface area contributed by atoms with E-state index >= 15 is 0 Å².